The summed E-state index contributed by atoms with van der Waals surface area (Å²) in [7, 11) is 1.96. The number of imidazole rings is 1. The van der Waals surface area contributed by atoms with Gasteiger partial charge in [-0.05, 0) is 26.2 Å². The van der Waals surface area contributed by atoms with Crippen LogP contribution < -0.4 is 0 Å². The zero-order valence-corrected chi connectivity index (χ0v) is 13.5. The van der Waals surface area contributed by atoms with Gasteiger partial charge in [0, 0.05) is 37.7 Å². The van der Waals surface area contributed by atoms with Crippen LogP contribution in [0.2, 0.25) is 0 Å². The molecule has 118 valence electrons. The molecule has 1 aliphatic carbocycles. The number of carbonyl (C=O) groups is 1. The SMILES string of the molecule is CCCn1ncc(C(=O)N(Cc2nccn2C)C2CC2)c1C. The molecule has 0 spiro atoms. The van der Waals surface area contributed by atoms with Crippen molar-refractivity contribution < 1.29 is 4.79 Å². The van der Waals surface area contributed by atoms with Crippen LogP contribution in [0.3, 0.4) is 0 Å². The molecule has 0 aromatic carbocycles. The molecule has 2 aromatic heterocycles. The molecule has 0 radical (unpaired) electrons. The Morgan fingerprint density at radius 2 is 2.23 bits per heavy atom. The van der Waals surface area contributed by atoms with Crippen molar-refractivity contribution in [2.45, 2.75) is 52.2 Å². The van der Waals surface area contributed by atoms with Crippen molar-refractivity contribution in [2.75, 3.05) is 0 Å². The molecule has 22 heavy (non-hydrogen) atoms. The lowest BCUT2D eigenvalue weighted by atomic mass is 10.2. The summed E-state index contributed by atoms with van der Waals surface area (Å²) in [6.45, 7) is 5.50. The molecule has 1 fully saturated rings. The smallest absolute Gasteiger partial charge is 0.257 e. The van der Waals surface area contributed by atoms with Gasteiger partial charge in [-0.1, -0.05) is 6.92 Å². The number of aryl methyl sites for hydroxylation is 2. The van der Waals surface area contributed by atoms with Crippen molar-refractivity contribution in [1.82, 2.24) is 24.2 Å². The number of carbonyl (C=O) groups excluding carboxylic acids is 1. The highest BCUT2D eigenvalue weighted by Crippen LogP contribution is 2.30. The van der Waals surface area contributed by atoms with Gasteiger partial charge in [0.1, 0.15) is 5.82 Å². The topological polar surface area (TPSA) is 56.0 Å². The molecule has 1 amide bonds. The minimum atomic E-state index is 0.0744. The third kappa shape index (κ3) is 2.77. The Labute approximate surface area is 130 Å². The van der Waals surface area contributed by atoms with E-state index in [4.69, 9.17) is 0 Å². The van der Waals surface area contributed by atoms with Crippen molar-refractivity contribution in [3.8, 4) is 0 Å². The molecular formula is C16H23N5O. The fourth-order valence-corrected chi connectivity index (χ4v) is 2.70. The van der Waals surface area contributed by atoms with E-state index in [2.05, 4.69) is 17.0 Å². The van der Waals surface area contributed by atoms with Gasteiger partial charge in [-0.15, -0.1) is 0 Å². The van der Waals surface area contributed by atoms with Gasteiger partial charge in [0.15, 0.2) is 0 Å². The largest absolute Gasteiger partial charge is 0.337 e. The Hall–Kier alpha value is -2.11. The van der Waals surface area contributed by atoms with E-state index in [1.807, 2.05) is 34.3 Å². The first-order chi connectivity index (χ1) is 10.6. The lowest BCUT2D eigenvalue weighted by molar-refractivity contribution is 0.0723. The van der Waals surface area contributed by atoms with E-state index >= 15 is 0 Å². The maximum atomic E-state index is 12.9. The normalized spacial score (nSPS) is 14.3. The van der Waals surface area contributed by atoms with Crippen LogP contribution in [0.25, 0.3) is 0 Å². The number of hydrogen-bond acceptors (Lipinski definition) is 3. The lowest BCUT2D eigenvalue weighted by Gasteiger charge is -2.22. The summed E-state index contributed by atoms with van der Waals surface area (Å²) in [6.07, 6.45) is 8.57. The molecular weight excluding hydrogens is 278 g/mol. The van der Waals surface area contributed by atoms with Crippen LogP contribution in [0, 0.1) is 6.92 Å². The molecule has 0 aliphatic heterocycles. The fourth-order valence-electron chi connectivity index (χ4n) is 2.70. The lowest BCUT2D eigenvalue weighted by Crippen LogP contribution is -2.33. The van der Waals surface area contributed by atoms with Gasteiger partial charge in [0.25, 0.3) is 5.91 Å². The zero-order chi connectivity index (χ0) is 15.7. The Balaban J connectivity index is 1.82. The maximum absolute atomic E-state index is 12.9. The molecule has 0 bridgehead atoms. The average Bonchev–Trinajstić information content (AvgIpc) is 3.17. The second-order valence-corrected chi connectivity index (χ2v) is 5.99. The molecule has 0 N–H and O–H groups in total. The van der Waals surface area contributed by atoms with Crippen molar-refractivity contribution in [1.29, 1.82) is 0 Å². The molecule has 0 saturated heterocycles. The second kappa shape index (κ2) is 5.94. The van der Waals surface area contributed by atoms with Gasteiger partial charge in [0.2, 0.25) is 0 Å². The van der Waals surface area contributed by atoms with Crippen LogP contribution in [-0.4, -0.2) is 36.2 Å². The maximum Gasteiger partial charge on any atom is 0.257 e. The van der Waals surface area contributed by atoms with E-state index in [1.54, 1.807) is 12.4 Å². The first kappa shape index (κ1) is 14.8. The Morgan fingerprint density at radius 1 is 1.45 bits per heavy atom. The average molecular weight is 301 g/mol. The quantitative estimate of drug-likeness (QED) is 0.821. The minimum absolute atomic E-state index is 0.0744. The van der Waals surface area contributed by atoms with Gasteiger partial charge in [-0.3, -0.25) is 9.48 Å². The predicted molar refractivity (Wildman–Crippen MR) is 83.4 cm³/mol. The Morgan fingerprint density at radius 3 is 2.82 bits per heavy atom. The number of nitrogens with zero attached hydrogens (tertiary/aromatic N) is 5. The molecule has 2 aromatic rings. The highest BCUT2D eigenvalue weighted by atomic mass is 16.2. The number of aromatic nitrogens is 4. The van der Waals surface area contributed by atoms with Crippen LogP contribution in [0.15, 0.2) is 18.6 Å². The highest BCUT2D eigenvalue weighted by molar-refractivity contribution is 5.95. The van der Waals surface area contributed by atoms with Crippen molar-refractivity contribution in [2.24, 2.45) is 7.05 Å². The van der Waals surface area contributed by atoms with Crippen LogP contribution in [0.5, 0.6) is 0 Å². The first-order valence-corrected chi connectivity index (χ1v) is 7.91. The Bertz CT molecular complexity index is 668. The standard InChI is InChI=1S/C16H23N5O/c1-4-8-21-12(2)14(10-18-21)16(22)20(13-5-6-13)11-15-17-7-9-19(15)3/h7,9-10,13H,4-6,8,11H2,1-3H3. The summed E-state index contributed by atoms with van der Waals surface area (Å²) >= 11 is 0. The van der Waals surface area contributed by atoms with Gasteiger partial charge < -0.3 is 9.47 Å². The number of hydrogen-bond donors (Lipinski definition) is 0. The summed E-state index contributed by atoms with van der Waals surface area (Å²) in [5.41, 5.74) is 1.67. The summed E-state index contributed by atoms with van der Waals surface area (Å²) in [6, 6.07) is 0.345. The molecule has 6 heteroatoms. The molecule has 1 saturated carbocycles. The van der Waals surface area contributed by atoms with Gasteiger partial charge >= 0.3 is 0 Å². The molecule has 6 nitrogen and oxygen atoms in total. The first-order valence-electron chi connectivity index (χ1n) is 7.91. The third-order valence-electron chi connectivity index (χ3n) is 4.25. The second-order valence-electron chi connectivity index (χ2n) is 5.99. The third-order valence-corrected chi connectivity index (χ3v) is 4.25. The van der Waals surface area contributed by atoms with Gasteiger partial charge in [0.05, 0.1) is 18.3 Å². The monoisotopic (exact) mass is 301 g/mol. The van der Waals surface area contributed by atoms with E-state index in [1.165, 1.54) is 0 Å². The summed E-state index contributed by atoms with van der Waals surface area (Å²) in [5, 5.41) is 4.35. The minimum Gasteiger partial charge on any atom is -0.337 e. The molecule has 3 rings (SSSR count). The van der Waals surface area contributed by atoms with Crippen molar-refractivity contribution in [3.63, 3.8) is 0 Å². The highest BCUT2D eigenvalue weighted by Gasteiger charge is 2.35. The molecule has 0 unspecified atom stereocenters. The van der Waals surface area contributed by atoms with Crippen LogP contribution in [-0.2, 0) is 20.1 Å². The van der Waals surface area contributed by atoms with Gasteiger partial charge in [-0.2, -0.15) is 5.10 Å². The summed E-state index contributed by atoms with van der Waals surface area (Å²) in [5.74, 6) is 0.990. The van der Waals surface area contributed by atoms with E-state index in [9.17, 15) is 4.79 Å². The van der Waals surface area contributed by atoms with E-state index in [0.717, 1.165) is 42.9 Å². The predicted octanol–water partition coefficient (Wildman–Crippen LogP) is 2.14. The Kier molecular flexibility index (Phi) is 4.00. The molecule has 1 aliphatic rings. The van der Waals surface area contributed by atoms with Crippen LogP contribution in [0.1, 0.15) is 48.1 Å². The summed E-state index contributed by atoms with van der Waals surface area (Å²) < 4.78 is 3.88. The van der Waals surface area contributed by atoms with Crippen molar-refractivity contribution >= 4 is 5.91 Å². The number of amides is 1. The van der Waals surface area contributed by atoms with Crippen molar-refractivity contribution in [3.05, 3.63) is 35.7 Å². The van der Waals surface area contributed by atoms with Gasteiger partial charge in [-0.25, -0.2) is 4.98 Å². The van der Waals surface area contributed by atoms with Crippen LogP contribution in [0.4, 0.5) is 0 Å². The molecule has 0 atom stereocenters. The summed E-state index contributed by atoms with van der Waals surface area (Å²) in [4.78, 5) is 19.2. The van der Waals surface area contributed by atoms with Crippen LogP contribution >= 0.6 is 0 Å². The van der Waals surface area contributed by atoms with E-state index in [0.29, 0.717) is 12.6 Å². The van der Waals surface area contributed by atoms with E-state index in [-0.39, 0.29) is 5.91 Å². The molecule has 2 heterocycles. The van der Waals surface area contributed by atoms with E-state index < -0.39 is 0 Å². The fraction of sp³-hybridized carbons (Fsp3) is 0.562. The zero-order valence-electron chi connectivity index (χ0n) is 13.5. The number of rotatable bonds is 6.